The maximum absolute atomic E-state index is 13.1. The smallest absolute Gasteiger partial charge is 0.328 e. The van der Waals surface area contributed by atoms with Crippen LogP contribution in [-0.4, -0.2) is 41.2 Å². The molecule has 170 valence electrons. The number of nitrogens with zero attached hydrogens (tertiary/aromatic N) is 1. The first-order valence-electron chi connectivity index (χ1n) is 9.99. The summed E-state index contributed by atoms with van der Waals surface area (Å²) in [5, 5.41) is 18.1. The van der Waals surface area contributed by atoms with Crippen LogP contribution in [0.3, 0.4) is 0 Å². The van der Waals surface area contributed by atoms with Crippen molar-refractivity contribution in [1.82, 2.24) is 4.67 Å². The summed E-state index contributed by atoms with van der Waals surface area (Å²) < 4.78 is 25.3. The van der Waals surface area contributed by atoms with Crippen molar-refractivity contribution in [1.29, 1.82) is 0 Å². The standard InChI is InChI=1S/C18H22NO5P.C6H6O/c1-4-23-18(21)17(14-10-12-15(20)13-11-14)19(2)25(3,22)24-16-8-6-5-7-9-16;7-6-4-2-1-3-5-6/h5-13,17,20H,4H2,1-3H3;1-5,7H. The van der Waals surface area contributed by atoms with Gasteiger partial charge in [0, 0.05) is 6.66 Å². The van der Waals surface area contributed by atoms with Crippen molar-refractivity contribution in [3.05, 3.63) is 90.5 Å². The van der Waals surface area contributed by atoms with E-state index >= 15 is 0 Å². The molecule has 32 heavy (non-hydrogen) atoms. The van der Waals surface area contributed by atoms with Gasteiger partial charge in [0.1, 0.15) is 23.3 Å². The molecular weight excluding hydrogens is 429 g/mol. The molecule has 3 aromatic carbocycles. The lowest BCUT2D eigenvalue weighted by molar-refractivity contribution is -0.147. The van der Waals surface area contributed by atoms with Crippen LogP contribution in [0.4, 0.5) is 0 Å². The molecule has 0 fully saturated rings. The number of benzene rings is 3. The number of esters is 1. The lowest BCUT2D eigenvalue weighted by atomic mass is 10.1. The van der Waals surface area contributed by atoms with Gasteiger partial charge in [0.25, 0.3) is 0 Å². The van der Waals surface area contributed by atoms with Crippen LogP contribution in [-0.2, 0) is 14.1 Å². The Morgan fingerprint density at radius 1 is 0.906 bits per heavy atom. The summed E-state index contributed by atoms with van der Waals surface area (Å²) in [6.45, 7) is 3.36. The largest absolute Gasteiger partial charge is 0.508 e. The van der Waals surface area contributed by atoms with E-state index in [1.54, 1.807) is 74.6 Å². The van der Waals surface area contributed by atoms with E-state index in [0.717, 1.165) is 0 Å². The first-order valence-corrected chi connectivity index (χ1v) is 12.0. The molecule has 3 rings (SSSR count). The van der Waals surface area contributed by atoms with Crippen molar-refractivity contribution in [2.45, 2.75) is 13.0 Å². The van der Waals surface area contributed by atoms with E-state index in [1.165, 1.54) is 23.5 Å². The minimum atomic E-state index is -3.35. The van der Waals surface area contributed by atoms with Crippen molar-refractivity contribution >= 4 is 13.5 Å². The number of para-hydroxylation sites is 2. The second-order valence-electron chi connectivity index (χ2n) is 6.86. The van der Waals surface area contributed by atoms with Gasteiger partial charge in [0.05, 0.1) is 6.61 Å². The normalized spacial score (nSPS) is 13.2. The number of rotatable bonds is 7. The zero-order valence-electron chi connectivity index (χ0n) is 18.3. The van der Waals surface area contributed by atoms with Gasteiger partial charge in [0.2, 0.25) is 0 Å². The first-order chi connectivity index (χ1) is 15.2. The zero-order valence-corrected chi connectivity index (χ0v) is 19.2. The van der Waals surface area contributed by atoms with Gasteiger partial charge in [-0.25, -0.2) is 9.46 Å². The molecule has 2 unspecified atom stereocenters. The lowest BCUT2D eigenvalue weighted by Gasteiger charge is -2.31. The molecule has 0 amide bonds. The predicted octanol–water partition coefficient (Wildman–Crippen LogP) is 5.22. The fraction of sp³-hybridized carbons (Fsp3) is 0.208. The maximum Gasteiger partial charge on any atom is 0.328 e. The molecule has 0 aliphatic heterocycles. The highest BCUT2D eigenvalue weighted by Gasteiger charge is 2.37. The van der Waals surface area contributed by atoms with E-state index in [-0.39, 0.29) is 12.4 Å². The summed E-state index contributed by atoms with van der Waals surface area (Å²) in [4.78, 5) is 12.5. The van der Waals surface area contributed by atoms with Crippen LogP contribution >= 0.6 is 7.52 Å². The topological polar surface area (TPSA) is 96.3 Å². The second kappa shape index (κ2) is 11.9. The Balaban J connectivity index is 0.000000439. The molecule has 2 N–H and O–H groups in total. The van der Waals surface area contributed by atoms with E-state index in [2.05, 4.69) is 0 Å². The molecule has 3 aromatic rings. The van der Waals surface area contributed by atoms with Crippen molar-refractivity contribution in [3.8, 4) is 17.2 Å². The summed E-state index contributed by atoms with van der Waals surface area (Å²) in [5.74, 6) is 0.319. The van der Waals surface area contributed by atoms with Crippen LogP contribution in [0.2, 0.25) is 0 Å². The number of aromatic hydroxyl groups is 2. The third-order valence-electron chi connectivity index (χ3n) is 4.44. The van der Waals surface area contributed by atoms with Crippen LogP contribution in [0.1, 0.15) is 18.5 Å². The van der Waals surface area contributed by atoms with E-state index in [0.29, 0.717) is 17.1 Å². The molecule has 0 saturated heterocycles. The monoisotopic (exact) mass is 457 g/mol. The summed E-state index contributed by atoms with van der Waals surface area (Å²) >= 11 is 0. The van der Waals surface area contributed by atoms with E-state index < -0.39 is 19.5 Å². The van der Waals surface area contributed by atoms with Crippen molar-refractivity contribution in [2.75, 3.05) is 20.3 Å². The number of carbonyl (C=O) groups is 1. The molecule has 0 bridgehead atoms. The van der Waals surface area contributed by atoms with E-state index in [1.807, 2.05) is 12.1 Å². The Morgan fingerprint density at radius 3 is 1.88 bits per heavy atom. The second-order valence-corrected chi connectivity index (χ2v) is 9.28. The van der Waals surface area contributed by atoms with Gasteiger partial charge in [0.15, 0.2) is 0 Å². The van der Waals surface area contributed by atoms with Crippen LogP contribution < -0.4 is 4.52 Å². The highest BCUT2D eigenvalue weighted by atomic mass is 31.2. The maximum atomic E-state index is 13.1. The minimum Gasteiger partial charge on any atom is -0.508 e. The Hall–Kier alpha value is -3.28. The highest BCUT2D eigenvalue weighted by molar-refractivity contribution is 7.56. The minimum absolute atomic E-state index is 0.0780. The molecule has 0 radical (unpaired) electrons. The van der Waals surface area contributed by atoms with Gasteiger partial charge in [-0.1, -0.05) is 48.5 Å². The lowest BCUT2D eigenvalue weighted by Crippen LogP contribution is -2.31. The van der Waals surface area contributed by atoms with Crippen LogP contribution in [0.15, 0.2) is 84.9 Å². The van der Waals surface area contributed by atoms with Gasteiger partial charge in [-0.15, -0.1) is 0 Å². The number of phenols is 2. The molecule has 8 heteroatoms. The Bertz CT molecular complexity index is 1010. The third kappa shape index (κ3) is 7.45. The Labute approximate surface area is 188 Å². The summed E-state index contributed by atoms with van der Waals surface area (Å²) in [5.41, 5.74) is 0.553. The van der Waals surface area contributed by atoms with Gasteiger partial charge >= 0.3 is 13.5 Å². The molecule has 0 aromatic heterocycles. The van der Waals surface area contributed by atoms with E-state index in [4.69, 9.17) is 14.4 Å². The Kier molecular flexibility index (Phi) is 9.32. The number of ether oxygens (including phenoxy) is 1. The molecular formula is C24H28NO6P. The number of carbonyl (C=O) groups excluding carboxylic acids is 1. The third-order valence-corrected chi connectivity index (χ3v) is 6.37. The SMILES string of the molecule is CCOC(=O)C(c1ccc(O)cc1)N(C)P(C)(=O)Oc1ccccc1.Oc1ccccc1. The molecule has 0 heterocycles. The summed E-state index contributed by atoms with van der Waals surface area (Å²) in [7, 11) is -1.79. The van der Waals surface area contributed by atoms with Gasteiger partial charge in [-0.05, 0) is 55.9 Å². The summed E-state index contributed by atoms with van der Waals surface area (Å²) in [6.07, 6.45) is 0. The molecule has 0 aliphatic rings. The predicted molar refractivity (Wildman–Crippen MR) is 124 cm³/mol. The molecule has 2 atom stereocenters. The van der Waals surface area contributed by atoms with Crippen molar-refractivity contribution < 1.29 is 28.8 Å². The fourth-order valence-corrected chi connectivity index (χ4v) is 4.05. The van der Waals surface area contributed by atoms with Gasteiger partial charge < -0.3 is 19.5 Å². The van der Waals surface area contributed by atoms with Crippen molar-refractivity contribution in [2.24, 2.45) is 0 Å². The summed E-state index contributed by atoms with van der Waals surface area (Å²) in [6, 6.07) is 22.7. The number of hydrogen-bond acceptors (Lipinski definition) is 6. The van der Waals surface area contributed by atoms with Gasteiger partial charge in [-0.2, -0.15) is 0 Å². The number of likely N-dealkylation sites (N-methyl/N-ethyl adjacent to an activating group) is 1. The molecule has 0 spiro atoms. The Morgan fingerprint density at radius 2 is 1.41 bits per heavy atom. The van der Waals surface area contributed by atoms with Crippen molar-refractivity contribution in [3.63, 3.8) is 0 Å². The molecule has 0 aliphatic carbocycles. The quantitative estimate of drug-likeness (QED) is 0.371. The molecule has 0 saturated carbocycles. The van der Waals surface area contributed by atoms with Crippen LogP contribution in [0.5, 0.6) is 17.2 Å². The molecule has 7 nitrogen and oxygen atoms in total. The fourth-order valence-electron chi connectivity index (χ4n) is 2.76. The van der Waals surface area contributed by atoms with Gasteiger partial charge in [-0.3, -0.25) is 4.57 Å². The van der Waals surface area contributed by atoms with E-state index in [9.17, 15) is 14.5 Å². The average molecular weight is 457 g/mol. The van der Waals surface area contributed by atoms with Crippen LogP contribution in [0, 0.1) is 0 Å². The highest BCUT2D eigenvalue weighted by Crippen LogP contribution is 2.50. The van der Waals surface area contributed by atoms with Crippen LogP contribution in [0.25, 0.3) is 0 Å². The number of hydrogen-bond donors (Lipinski definition) is 2. The zero-order chi connectivity index (χ0) is 23.6. The number of phenolic OH excluding ortho intramolecular Hbond substituents is 2. The first kappa shape index (κ1) is 25.0. The average Bonchev–Trinajstić information content (AvgIpc) is 2.77.